The molecule has 0 bridgehead atoms. The molecule has 0 unspecified atom stereocenters. The molecule has 6 nitrogen and oxygen atoms in total. The first-order chi connectivity index (χ1) is 9.11. The molecule has 2 rings (SSSR count). The summed E-state index contributed by atoms with van der Waals surface area (Å²) in [7, 11) is 0. The average Bonchev–Trinajstić information content (AvgIpc) is 2.85. The molecule has 1 saturated heterocycles. The van der Waals surface area contributed by atoms with Crippen LogP contribution in [-0.4, -0.2) is 59.4 Å². The first-order valence-electron chi connectivity index (χ1n) is 6.27. The van der Waals surface area contributed by atoms with Gasteiger partial charge < -0.3 is 20.1 Å². The lowest BCUT2D eigenvalue weighted by Crippen LogP contribution is -2.53. The van der Waals surface area contributed by atoms with Gasteiger partial charge in [-0.25, -0.2) is 4.79 Å². The summed E-state index contributed by atoms with van der Waals surface area (Å²) in [6.07, 6.45) is 1.73. The molecule has 1 aliphatic rings. The van der Waals surface area contributed by atoms with Gasteiger partial charge in [-0.15, -0.1) is 0 Å². The second-order valence-corrected chi connectivity index (χ2v) is 5.26. The summed E-state index contributed by atoms with van der Waals surface area (Å²) >= 11 is 3.31. The van der Waals surface area contributed by atoms with E-state index in [1.54, 1.807) is 22.1 Å². The highest BCUT2D eigenvalue weighted by molar-refractivity contribution is 9.10. The summed E-state index contributed by atoms with van der Waals surface area (Å²) in [4.78, 5) is 30.2. The molecule has 1 fully saturated rings. The van der Waals surface area contributed by atoms with E-state index in [0.29, 0.717) is 38.4 Å². The Morgan fingerprint density at radius 1 is 1.32 bits per heavy atom. The van der Waals surface area contributed by atoms with E-state index >= 15 is 0 Å². The number of rotatable bonds is 2. The first-order valence-corrected chi connectivity index (χ1v) is 7.07. The maximum atomic E-state index is 12.2. The minimum Gasteiger partial charge on any atom is -0.356 e. The van der Waals surface area contributed by atoms with Crippen LogP contribution >= 0.6 is 15.9 Å². The largest absolute Gasteiger partial charge is 0.356 e. The molecule has 0 aliphatic carbocycles. The van der Waals surface area contributed by atoms with Crippen LogP contribution in [0.4, 0.5) is 4.79 Å². The van der Waals surface area contributed by atoms with Crippen LogP contribution in [-0.2, 0) is 0 Å². The molecule has 2 heterocycles. The van der Waals surface area contributed by atoms with Gasteiger partial charge in [0.1, 0.15) is 5.69 Å². The number of hydrogen-bond donors (Lipinski definition) is 2. The van der Waals surface area contributed by atoms with Gasteiger partial charge >= 0.3 is 6.03 Å². The summed E-state index contributed by atoms with van der Waals surface area (Å²) in [5, 5.41) is 2.77. The zero-order chi connectivity index (χ0) is 13.8. The fourth-order valence-corrected chi connectivity index (χ4v) is 2.38. The predicted molar refractivity (Wildman–Crippen MR) is 75.0 cm³/mol. The second kappa shape index (κ2) is 6.10. The maximum absolute atomic E-state index is 12.2. The number of aromatic nitrogens is 1. The third-order valence-electron chi connectivity index (χ3n) is 3.06. The molecule has 1 aliphatic heterocycles. The van der Waals surface area contributed by atoms with Crippen molar-refractivity contribution < 1.29 is 9.59 Å². The number of halogens is 1. The topological polar surface area (TPSA) is 68.4 Å². The van der Waals surface area contributed by atoms with Crippen LogP contribution in [0.1, 0.15) is 17.4 Å². The Hall–Kier alpha value is -1.50. The molecule has 104 valence electrons. The number of piperazine rings is 1. The van der Waals surface area contributed by atoms with Crippen molar-refractivity contribution in [3.05, 3.63) is 22.4 Å². The van der Waals surface area contributed by atoms with Gasteiger partial charge in [0.25, 0.3) is 5.91 Å². The Bertz CT molecular complexity index is 466. The minimum absolute atomic E-state index is 0.0266. The highest BCUT2D eigenvalue weighted by Gasteiger charge is 2.25. The molecule has 0 saturated carbocycles. The monoisotopic (exact) mass is 328 g/mol. The molecule has 3 amide bonds. The summed E-state index contributed by atoms with van der Waals surface area (Å²) in [5.74, 6) is -0.0266. The summed E-state index contributed by atoms with van der Waals surface area (Å²) in [6, 6.07) is 1.70. The van der Waals surface area contributed by atoms with E-state index in [9.17, 15) is 9.59 Å². The van der Waals surface area contributed by atoms with Gasteiger partial charge in [0.2, 0.25) is 0 Å². The smallest absolute Gasteiger partial charge is 0.317 e. The zero-order valence-electron chi connectivity index (χ0n) is 10.8. The van der Waals surface area contributed by atoms with Crippen molar-refractivity contribution in [2.75, 3.05) is 32.7 Å². The van der Waals surface area contributed by atoms with Gasteiger partial charge in [-0.2, -0.15) is 0 Å². The van der Waals surface area contributed by atoms with E-state index in [2.05, 4.69) is 26.2 Å². The summed E-state index contributed by atoms with van der Waals surface area (Å²) < 4.78 is 0.858. The van der Waals surface area contributed by atoms with Gasteiger partial charge in [-0.1, -0.05) is 0 Å². The quantitative estimate of drug-likeness (QED) is 0.858. The molecular formula is C12H17BrN4O2. The number of hydrogen-bond acceptors (Lipinski definition) is 2. The van der Waals surface area contributed by atoms with Gasteiger partial charge in [-0.05, 0) is 28.9 Å². The molecule has 7 heteroatoms. The molecule has 0 spiro atoms. The van der Waals surface area contributed by atoms with Crippen LogP contribution < -0.4 is 5.32 Å². The van der Waals surface area contributed by atoms with Crippen LogP contribution in [0.2, 0.25) is 0 Å². The van der Waals surface area contributed by atoms with Crippen LogP contribution in [0, 0.1) is 0 Å². The van der Waals surface area contributed by atoms with E-state index in [0.717, 1.165) is 4.47 Å². The van der Waals surface area contributed by atoms with Crippen LogP contribution in [0.5, 0.6) is 0 Å². The summed E-state index contributed by atoms with van der Waals surface area (Å²) in [5.41, 5.74) is 0.568. The van der Waals surface area contributed by atoms with E-state index in [1.807, 2.05) is 6.92 Å². The molecule has 0 aromatic carbocycles. The molecular weight excluding hydrogens is 312 g/mol. The highest BCUT2D eigenvalue weighted by Crippen LogP contribution is 2.13. The summed E-state index contributed by atoms with van der Waals surface area (Å²) in [6.45, 7) is 4.77. The standard InChI is InChI=1S/C12H17BrN4O2/c1-2-14-12(19)17-5-3-16(4-6-17)11(18)10-7-9(13)8-15-10/h7-8,15H,2-6H2,1H3,(H,14,19). The van der Waals surface area contributed by atoms with Crippen molar-refractivity contribution >= 4 is 27.9 Å². The minimum atomic E-state index is -0.0581. The molecule has 19 heavy (non-hydrogen) atoms. The first kappa shape index (κ1) is 13.9. The Morgan fingerprint density at radius 2 is 1.95 bits per heavy atom. The van der Waals surface area contributed by atoms with Crippen molar-refractivity contribution in [1.82, 2.24) is 20.1 Å². The Labute approximate surface area is 120 Å². The number of aromatic amines is 1. The van der Waals surface area contributed by atoms with Gasteiger partial charge in [-0.3, -0.25) is 4.79 Å². The normalized spacial score (nSPS) is 15.5. The van der Waals surface area contributed by atoms with Crippen molar-refractivity contribution in [3.8, 4) is 0 Å². The number of nitrogens with one attached hydrogen (secondary N) is 2. The number of carbonyl (C=O) groups excluding carboxylic acids is 2. The predicted octanol–water partition coefficient (Wildman–Crippen LogP) is 1.26. The van der Waals surface area contributed by atoms with Crippen LogP contribution in [0.3, 0.4) is 0 Å². The fourth-order valence-electron chi connectivity index (χ4n) is 2.04. The third kappa shape index (κ3) is 3.28. The number of nitrogens with zero attached hydrogens (tertiary/aromatic N) is 2. The van der Waals surface area contributed by atoms with E-state index in [1.165, 1.54) is 0 Å². The Balaban J connectivity index is 1.89. The van der Waals surface area contributed by atoms with Crippen LogP contribution in [0.15, 0.2) is 16.7 Å². The SMILES string of the molecule is CCNC(=O)N1CCN(C(=O)c2cc(Br)c[nH]2)CC1. The lowest BCUT2D eigenvalue weighted by atomic mass is 10.3. The van der Waals surface area contributed by atoms with Gasteiger partial charge in [0, 0.05) is 43.4 Å². The molecule has 2 N–H and O–H groups in total. The Kier molecular flexibility index (Phi) is 4.47. The van der Waals surface area contributed by atoms with Crippen molar-refractivity contribution in [2.24, 2.45) is 0 Å². The third-order valence-corrected chi connectivity index (χ3v) is 3.52. The van der Waals surface area contributed by atoms with Crippen molar-refractivity contribution in [1.29, 1.82) is 0 Å². The molecule has 0 atom stereocenters. The van der Waals surface area contributed by atoms with Gasteiger partial charge in [0.15, 0.2) is 0 Å². The number of carbonyl (C=O) groups is 2. The zero-order valence-corrected chi connectivity index (χ0v) is 12.4. The Morgan fingerprint density at radius 3 is 2.47 bits per heavy atom. The number of amides is 3. The lowest BCUT2D eigenvalue weighted by Gasteiger charge is -2.34. The van der Waals surface area contributed by atoms with E-state index in [-0.39, 0.29) is 11.9 Å². The lowest BCUT2D eigenvalue weighted by molar-refractivity contribution is 0.0660. The molecule has 1 aromatic heterocycles. The van der Waals surface area contributed by atoms with E-state index < -0.39 is 0 Å². The fraction of sp³-hybridized carbons (Fsp3) is 0.500. The number of urea groups is 1. The van der Waals surface area contributed by atoms with Gasteiger partial charge in [0.05, 0.1) is 0 Å². The molecule has 0 radical (unpaired) electrons. The average molecular weight is 329 g/mol. The number of H-pyrrole nitrogens is 1. The second-order valence-electron chi connectivity index (χ2n) is 4.35. The maximum Gasteiger partial charge on any atom is 0.317 e. The molecule has 1 aromatic rings. The van der Waals surface area contributed by atoms with Crippen LogP contribution in [0.25, 0.3) is 0 Å². The van der Waals surface area contributed by atoms with Crippen molar-refractivity contribution in [3.63, 3.8) is 0 Å². The van der Waals surface area contributed by atoms with E-state index in [4.69, 9.17) is 0 Å². The highest BCUT2D eigenvalue weighted by atomic mass is 79.9. The van der Waals surface area contributed by atoms with Crippen molar-refractivity contribution in [2.45, 2.75) is 6.92 Å².